The Hall–Kier alpha value is -1.87. The number of furan rings is 1. The molecule has 1 unspecified atom stereocenters. The van der Waals surface area contributed by atoms with E-state index in [4.69, 9.17) is 14.3 Å². The van der Waals surface area contributed by atoms with Crippen LogP contribution in [-0.4, -0.2) is 71.6 Å². The molecule has 1 saturated heterocycles. The molecule has 2 atom stereocenters. The molecular formula is C14H17BrN2O6. The van der Waals surface area contributed by atoms with Gasteiger partial charge in [0.05, 0.1) is 19.2 Å². The fourth-order valence-electron chi connectivity index (χ4n) is 2.28. The lowest BCUT2D eigenvalue weighted by molar-refractivity contribution is -0.166. The Morgan fingerprint density at radius 2 is 2.09 bits per heavy atom. The fraction of sp³-hybridized carbons (Fsp3) is 0.500. The number of likely N-dealkylation sites (N-methyl/N-ethyl adjacent to an activating group) is 1. The predicted octanol–water partition coefficient (Wildman–Crippen LogP) is 0.815. The number of aliphatic carboxylic acids is 1. The number of morpholine rings is 1. The minimum absolute atomic E-state index is 0.0349. The molecule has 1 fully saturated rings. The number of nitrogens with zero attached hydrogens (tertiary/aromatic N) is 2. The zero-order valence-electron chi connectivity index (χ0n) is 12.7. The Kier molecular flexibility index (Phi) is 5.42. The van der Waals surface area contributed by atoms with Crippen LogP contribution in [0.1, 0.15) is 17.5 Å². The van der Waals surface area contributed by atoms with Crippen LogP contribution in [0.5, 0.6) is 0 Å². The van der Waals surface area contributed by atoms with Crippen molar-refractivity contribution in [2.75, 3.05) is 26.7 Å². The highest BCUT2D eigenvalue weighted by molar-refractivity contribution is 9.10. The van der Waals surface area contributed by atoms with E-state index >= 15 is 0 Å². The Morgan fingerprint density at radius 1 is 1.39 bits per heavy atom. The van der Waals surface area contributed by atoms with Crippen molar-refractivity contribution in [3.8, 4) is 0 Å². The molecule has 2 heterocycles. The van der Waals surface area contributed by atoms with Gasteiger partial charge in [-0.2, -0.15) is 0 Å². The van der Waals surface area contributed by atoms with E-state index in [1.165, 1.54) is 22.9 Å². The lowest BCUT2D eigenvalue weighted by atomic mass is 10.2. The Morgan fingerprint density at radius 3 is 2.65 bits per heavy atom. The molecule has 0 spiro atoms. The van der Waals surface area contributed by atoms with Crippen molar-refractivity contribution in [3.63, 3.8) is 0 Å². The molecule has 1 aliphatic rings. The van der Waals surface area contributed by atoms with Gasteiger partial charge in [0.2, 0.25) is 5.91 Å². The number of ether oxygens (including phenoxy) is 1. The number of halogens is 1. The standard InChI is InChI=1S/C14H17BrN2O6/c1-8-5-17(6-10(22-8)14(20)21)12(18)7-16(2)13(19)9-3-4-11(15)23-9/h3-4,8,10H,5-7H2,1-2H3,(H,20,21)/t8-,10?/m1/s1. The first kappa shape index (κ1) is 17.5. The largest absolute Gasteiger partial charge is 0.479 e. The molecule has 2 rings (SSSR count). The van der Waals surface area contributed by atoms with E-state index in [-0.39, 0.29) is 37.4 Å². The maximum atomic E-state index is 12.3. The quantitative estimate of drug-likeness (QED) is 0.818. The van der Waals surface area contributed by atoms with Crippen LogP contribution in [0, 0.1) is 0 Å². The summed E-state index contributed by atoms with van der Waals surface area (Å²) in [6, 6.07) is 3.09. The number of carbonyl (C=O) groups is 3. The van der Waals surface area contributed by atoms with Crippen molar-refractivity contribution in [1.82, 2.24) is 9.80 Å². The summed E-state index contributed by atoms with van der Waals surface area (Å²) in [5.41, 5.74) is 0. The highest BCUT2D eigenvalue weighted by Gasteiger charge is 2.33. The number of carbonyl (C=O) groups excluding carboxylic acids is 2. The smallest absolute Gasteiger partial charge is 0.334 e. The molecule has 0 radical (unpaired) electrons. The summed E-state index contributed by atoms with van der Waals surface area (Å²) in [5, 5.41) is 9.03. The van der Waals surface area contributed by atoms with Gasteiger partial charge in [-0.05, 0) is 35.0 Å². The average Bonchev–Trinajstić information content (AvgIpc) is 2.92. The van der Waals surface area contributed by atoms with Gasteiger partial charge in [-0.15, -0.1) is 0 Å². The fourth-order valence-corrected chi connectivity index (χ4v) is 2.59. The molecule has 2 amide bonds. The van der Waals surface area contributed by atoms with Crippen LogP contribution < -0.4 is 0 Å². The molecular weight excluding hydrogens is 372 g/mol. The minimum atomic E-state index is -1.11. The van der Waals surface area contributed by atoms with E-state index < -0.39 is 18.0 Å². The number of rotatable bonds is 4. The maximum Gasteiger partial charge on any atom is 0.334 e. The number of carboxylic acid groups (broad SMARTS) is 1. The molecule has 0 bridgehead atoms. The van der Waals surface area contributed by atoms with Gasteiger partial charge in [-0.3, -0.25) is 9.59 Å². The van der Waals surface area contributed by atoms with Crippen LogP contribution in [0.15, 0.2) is 21.2 Å². The summed E-state index contributed by atoms with van der Waals surface area (Å²) in [5.74, 6) is -1.77. The van der Waals surface area contributed by atoms with Crippen molar-refractivity contribution in [2.45, 2.75) is 19.1 Å². The summed E-state index contributed by atoms with van der Waals surface area (Å²) < 4.78 is 10.8. The molecule has 0 saturated carbocycles. The normalized spacial score (nSPS) is 21.1. The highest BCUT2D eigenvalue weighted by Crippen LogP contribution is 2.16. The second-order valence-corrected chi connectivity index (χ2v) is 6.12. The predicted molar refractivity (Wildman–Crippen MR) is 81.9 cm³/mol. The van der Waals surface area contributed by atoms with Gasteiger partial charge in [0, 0.05) is 13.6 Å². The first-order chi connectivity index (χ1) is 10.8. The zero-order chi connectivity index (χ0) is 17.1. The monoisotopic (exact) mass is 388 g/mol. The Bertz CT molecular complexity index is 616. The van der Waals surface area contributed by atoms with E-state index in [2.05, 4.69) is 15.9 Å². The first-order valence-corrected chi connectivity index (χ1v) is 7.74. The topological polar surface area (TPSA) is 100 Å². The van der Waals surface area contributed by atoms with Gasteiger partial charge < -0.3 is 24.1 Å². The highest BCUT2D eigenvalue weighted by atomic mass is 79.9. The molecule has 0 aromatic carbocycles. The summed E-state index contributed by atoms with van der Waals surface area (Å²) in [6.07, 6.45) is -1.43. The Labute approximate surface area is 141 Å². The van der Waals surface area contributed by atoms with Gasteiger partial charge in [-0.1, -0.05) is 0 Å². The third-order valence-electron chi connectivity index (χ3n) is 3.39. The van der Waals surface area contributed by atoms with Gasteiger partial charge in [0.15, 0.2) is 16.5 Å². The third kappa shape index (κ3) is 4.32. The summed E-state index contributed by atoms with van der Waals surface area (Å²) >= 11 is 3.11. The van der Waals surface area contributed by atoms with Gasteiger partial charge in [-0.25, -0.2) is 4.79 Å². The van der Waals surface area contributed by atoms with Crippen molar-refractivity contribution >= 4 is 33.7 Å². The first-order valence-electron chi connectivity index (χ1n) is 6.94. The van der Waals surface area contributed by atoms with Crippen molar-refractivity contribution in [3.05, 3.63) is 22.6 Å². The van der Waals surface area contributed by atoms with Crippen LogP contribution in [-0.2, 0) is 14.3 Å². The molecule has 9 heteroatoms. The molecule has 8 nitrogen and oxygen atoms in total. The van der Waals surface area contributed by atoms with E-state index in [1.54, 1.807) is 13.0 Å². The molecule has 0 aliphatic carbocycles. The third-order valence-corrected chi connectivity index (χ3v) is 3.82. The maximum absolute atomic E-state index is 12.3. The summed E-state index contributed by atoms with van der Waals surface area (Å²) in [4.78, 5) is 38.1. The molecule has 1 aromatic rings. The SMILES string of the molecule is C[C@@H]1CN(C(=O)CN(C)C(=O)c2ccc(Br)o2)CC(C(=O)O)O1. The second-order valence-electron chi connectivity index (χ2n) is 5.34. The lowest BCUT2D eigenvalue weighted by Gasteiger charge is -2.35. The Balaban J connectivity index is 1.97. The summed E-state index contributed by atoms with van der Waals surface area (Å²) in [6.45, 7) is 1.78. The average molecular weight is 389 g/mol. The van der Waals surface area contributed by atoms with Crippen molar-refractivity contribution in [1.29, 1.82) is 0 Å². The number of amides is 2. The van der Waals surface area contributed by atoms with Gasteiger partial charge >= 0.3 is 5.97 Å². The lowest BCUT2D eigenvalue weighted by Crippen LogP contribution is -2.54. The second kappa shape index (κ2) is 7.14. The summed E-state index contributed by atoms with van der Waals surface area (Å²) in [7, 11) is 1.48. The van der Waals surface area contributed by atoms with Gasteiger partial charge in [0.25, 0.3) is 5.91 Å². The molecule has 1 N–H and O–H groups in total. The van der Waals surface area contributed by atoms with Crippen LogP contribution in [0.2, 0.25) is 0 Å². The van der Waals surface area contributed by atoms with Crippen LogP contribution in [0.25, 0.3) is 0 Å². The molecule has 126 valence electrons. The van der Waals surface area contributed by atoms with Gasteiger partial charge in [0.1, 0.15) is 0 Å². The molecule has 1 aromatic heterocycles. The van der Waals surface area contributed by atoms with Crippen molar-refractivity contribution < 1.29 is 28.6 Å². The number of hydrogen-bond acceptors (Lipinski definition) is 5. The van der Waals surface area contributed by atoms with Crippen LogP contribution in [0.3, 0.4) is 0 Å². The zero-order valence-corrected chi connectivity index (χ0v) is 14.3. The number of hydrogen-bond donors (Lipinski definition) is 1. The molecule has 23 heavy (non-hydrogen) atoms. The van der Waals surface area contributed by atoms with E-state index in [9.17, 15) is 14.4 Å². The van der Waals surface area contributed by atoms with E-state index in [0.717, 1.165) is 0 Å². The van der Waals surface area contributed by atoms with Crippen LogP contribution in [0.4, 0.5) is 0 Å². The molecule has 1 aliphatic heterocycles. The van der Waals surface area contributed by atoms with E-state index in [0.29, 0.717) is 4.67 Å². The minimum Gasteiger partial charge on any atom is -0.479 e. The van der Waals surface area contributed by atoms with Crippen LogP contribution >= 0.6 is 15.9 Å². The van der Waals surface area contributed by atoms with Crippen molar-refractivity contribution in [2.24, 2.45) is 0 Å². The van der Waals surface area contributed by atoms with E-state index in [1.807, 2.05) is 0 Å². The number of carboxylic acids is 1.